The molecule has 0 fully saturated rings. The lowest BCUT2D eigenvalue weighted by Crippen LogP contribution is -2.19. The van der Waals surface area contributed by atoms with Crippen molar-refractivity contribution < 1.29 is 13.9 Å². The molecule has 2 aromatic heterocycles. The fourth-order valence-electron chi connectivity index (χ4n) is 2.89. The van der Waals surface area contributed by atoms with E-state index in [0.29, 0.717) is 27.8 Å². The third-order valence-electron chi connectivity index (χ3n) is 4.19. The molecule has 4 aromatic rings. The zero-order valence-corrected chi connectivity index (χ0v) is 16.0. The Labute approximate surface area is 165 Å². The lowest BCUT2D eigenvalue weighted by Gasteiger charge is -2.09. The summed E-state index contributed by atoms with van der Waals surface area (Å²) in [6, 6.07) is 12.7. The lowest BCUT2D eigenvalue weighted by atomic mass is 10.2. The number of nitrogens with one attached hydrogen (secondary N) is 2. The molecule has 0 unspecified atom stereocenters. The fraction of sp³-hybridized carbons (Fsp3) is 0.158. The van der Waals surface area contributed by atoms with E-state index in [9.17, 15) is 4.79 Å². The van der Waals surface area contributed by atoms with Gasteiger partial charge >= 0.3 is 0 Å². The minimum atomic E-state index is -0.233. The third kappa shape index (κ3) is 3.52. The van der Waals surface area contributed by atoms with Crippen molar-refractivity contribution >= 4 is 34.9 Å². The van der Waals surface area contributed by atoms with Gasteiger partial charge in [0.15, 0.2) is 22.1 Å². The fourth-order valence-corrected chi connectivity index (χ4v) is 3.08. The second kappa shape index (κ2) is 7.28. The molecule has 0 atom stereocenters. The maximum Gasteiger partial charge on any atom is 0.244 e. The third-order valence-corrected chi connectivity index (χ3v) is 4.50. The molecule has 0 bridgehead atoms. The number of aryl methyl sites for hydroxylation is 1. The number of carbonyl (C=O) groups is 1. The van der Waals surface area contributed by atoms with Crippen LogP contribution in [0.2, 0.25) is 0 Å². The number of aromatic amines is 1. The highest BCUT2D eigenvalue weighted by atomic mass is 32.1. The molecule has 142 valence electrons. The minimum absolute atomic E-state index is 0.0180. The van der Waals surface area contributed by atoms with E-state index < -0.39 is 0 Å². The van der Waals surface area contributed by atoms with Crippen LogP contribution in [0.5, 0.6) is 5.75 Å². The highest BCUT2D eigenvalue weighted by molar-refractivity contribution is 7.71. The number of oxazole rings is 1. The summed E-state index contributed by atoms with van der Waals surface area (Å²) in [4.78, 5) is 16.8. The zero-order chi connectivity index (χ0) is 19.7. The van der Waals surface area contributed by atoms with Gasteiger partial charge in [-0.05, 0) is 48.6 Å². The number of amides is 1. The summed E-state index contributed by atoms with van der Waals surface area (Å²) in [5, 5.41) is 9.84. The molecule has 0 saturated heterocycles. The van der Waals surface area contributed by atoms with Crippen molar-refractivity contribution in [2.24, 2.45) is 0 Å². The number of ether oxygens (including phenoxy) is 1. The van der Waals surface area contributed by atoms with Gasteiger partial charge in [0.1, 0.15) is 17.8 Å². The Hall–Kier alpha value is -3.46. The Morgan fingerprint density at radius 1 is 1.29 bits per heavy atom. The summed E-state index contributed by atoms with van der Waals surface area (Å²) in [6.45, 7) is 1.80. The molecule has 1 amide bonds. The highest BCUT2D eigenvalue weighted by Gasteiger charge is 2.13. The second-order valence-electron chi connectivity index (χ2n) is 6.13. The van der Waals surface area contributed by atoms with Crippen molar-refractivity contribution in [3.8, 4) is 17.1 Å². The molecular formula is C19H17N5O3S. The van der Waals surface area contributed by atoms with Crippen LogP contribution in [0.15, 0.2) is 46.9 Å². The number of benzene rings is 2. The first-order valence-corrected chi connectivity index (χ1v) is 8.91. The number of nitrogens with zero attached hydrogens (tertiary/aromatic N) is 3. The number of methoxy groups -OCH3 is 1. The van der Waals surface area contributed by atoms with E-state index in [2.05, 4.69) is 20.5 Å². The molecule has 9 heteroatoms. The maximum absolute atomic E-state index is 12.6. The van der Waals surface area contributed by atoms with Gasteiger partial charge in [0, 0.05) is 24.2 Å². The monoisotopic (exact) mass is 395 g/mol. The summed E-state index contributed by atoms with van der Waals surface area (Å²) in [5.41, 5.74) is 2.80. The van der Waals surface area contributed by atoms with Crippen LogP contribution in [0.3, 0.4) is 0 Å². The molecular weight excluding hydrogens is 378 g/mol. The molecule has 28 heavy (non-hydrogen) atoms. The average molecular weight is 395 g/mol. The van der Waals surface area contributed by atoms with Crippen molar-refractivity contribution in [2.75, 3.05) is 12.4 Å². The number of rotatable bonds is 5. The number of carbonyl (C=O) groups excluding carboxylic acids is 1. The van der Waals surface area contributed by atoms with Crippen LogP contribution < -0.4 is 10.1 Å². The lowest BCUT2D eigenvalue weighted by molar-refractivity contribution is -0.116. The molecule has 0 aliphatic carbocycles. The van der Waals surface area contributed by atoms with Gasteiger partial charge in [-0.25, -0.2) is 4.98 Å². The van der Waals surface area contributed by atoms with Gasteiger partial charge < -0.3 is 14.5 Å². The Morgan fingerprint density at radius 3 is 2.82 bits per heavy atom. The summed E-state index contributed by atoms with van der Waals surface area (Å²) in [6.07, 6.45) is 0. The largest absolute Gasteiger partial charge is 0.497 e. The molecule has 0 radical (unpaired) electrons. The zero-order valence-electron chi connectivity index (χ0n) is 15.2. The number of H-pyrrole nitrogens is 1. The van der Waals surface area contributed by atoms with Crippen LogP contribution in [0.4, 0.5) is 5.69 Å². The number of hydrogen-bond acceptors (Lipinski definition) is 6. The van der Waals surface area contributed by atoms with Gasteiger partial charge in [0.25, 0.3) is 0 Å². The molecule has 8 nitrogen and oxygen atoms in total. The summed E-state index contributed by atoms with van der Waals surface area (Å²) >= 11 is 5.29. The first kappa shape index (κ1) is 17.9. The molecule has 0 aliphatic heterocycles. The molecule has 4 rings (SSSR count). The van der Waals surface area contributed by atoms with Crippen molar-refractivity contribution in [2.45, 2.75) is 13.5 Å². The van der Waals surface area contributed by atoms with Crippen molar-refractivity contribution in [1.29, 1.82) is 0 Å². The summed E-state index contributed by atoms with van der Waals surface area (Å²) in [5.74, 6) is 1.65. The van der Waals surface area contributed by atoms with Crippen LogP contribution in [0, 0.1) is 11.7 Å². The molecule has 0 saturated carbocycles. The molecule has 2 heterocycles. The first-order valence-electron chi connectivity index (χ1n) is 8.50. The Kier molecular flexibility index (Phi) is 4.66. The van der Waals surface area contributed by atoms with E-state index in [-0.39, 0.29) is 12.5 Å². The van der Waals surface area contributed by atoms with Gasteiger partial charge in [0.05, 0.1) is 7.11 Å². The van der Waals surface area contributed by atoms with Gasteiger partial charge in [-0.2, -0.15) is 5.10 Å². The standard InChI is InChI=1S/C19H17N5O3S/c1-11-20-15-8-5-13(9-16(15)27-11)21-17(25)10-24-18(22-23-19(24)28)12-3-6-14(26-2)7-4-12/h3-9H,10H2,1-2H3,(H,21,25)(H,23,28). The molecule has 2 N–H and O–H groups in total. The second-order valence-corrected chi connectivity index (χ2v) is 6.52. The van der Waals surface area contributed by atoms with Crippen LogP contribution >= 0.6 is 12.2 Å². The van der Waals surface area contributed by atoms with E-state index in [0.717, 1.165) is 16.8 Å². The molecule has 2 aromatic carbocycles. The van der Waals surface area contributed by atoms with Gasteiger partial charge in [0.2, 0.25) is 5.91 Å². The quantitative estimate of drug-likeness (QED) is 0.500. The van der Waals surface area contributed by atoms with E-state index in [1.54, 1.807) is 36.8 Å². The van der Waals surface area contributed by atoms with Gasteiger partial charge in [-0.15, -0.1) is 0 Å². The van der Waals surface area contributed by atoms with E-state index in [1.165, 1.54) is 0 Å². The average Bonchev–Trinajstić information content (AvgIpc) is 3.23. The number of fused-ring (bicyclic) bond motifs is 1. The van der Waals surface area contributed by atoms with Crippen molar-refractivity contribution in [3.05, 3.63) is 53.1 Å². The van der Waals surface area contributed by atoms with E-state index >= 15 is 0 Å². The number of hydrogen-bond donors (Lipinski definition) is 2. The summed E-state index contributed by atoms with van der Waals surface area (Å²) < 4.78 is 12.7. The normalized spacial score (nSPS) is 10.9. The summed E-state index contributed by atoms with van der Waals surface area (Å²) in [7, 11) is 1.60. The number of anilines is 1. The van der Waals surface area contributed by atoms with Crippen LogP contribution in [0.1, 0.15) is 5.89 Å². The SMILES string of the molecule is COc1ccc(-c2n[nH]c(=S)n2CC(=O)Nc2ccc3nc(C)oc3c2)cc1. The minimum Gasteiger partial charge on any atom is -0.497 e. The molecule has 0 spiro atoms. The van der Waals surface area contributed by atoms with Gasteiger partial charge in [-0.1, -0.05) is 0 Å². The van der Waals surface area contributed by atoms with E-state index in [4.69, 9.17) is 21.4 Å². The Bertz CT molecular complexity index is 1210. The predicted octanol–water partition coefficient (Wildman–Crippen LogP) is 3.70. The van der Waals surface area contributed by atoms with Crippen molar-refractivity contribution in [1.82, 2.24) is 19.7 Å². The maximum atomic E-state index is 12.6. The topological polar surface area (TPSA) is 98.0 Å². The number of aromatic nitrogens is 4. The van der Waals surface area contributed by atoms with Crippen LogP contribution in [-0.4, -0.2) is 32.8 Å². The predicted molar refractivity (Wildman–Crippen MR) is 107 cm³/mol. The van der Waals surface area contributed by atoms with Gasteiger partial charge in [-0.3, -0.25) is 14.5 Å². The van der Waals surface area contributed by atoms with Crippen LogP contribution in [-0.2, 0) is 11.3 Å². The first-order chi connectivity index (χ1) is 13.5. The highest BCUT2D eigenvalue weighted by Crippen LogP contribution is 2.22. The smallest absolute Gasteiger partial charge is 0.244 e. The molecule has 0 aliphatic rings. The van der Waals surface area contributed by atoms with Crippen molar-refractivity contribution in [3.63, 3.8) is 0 Å². The van der Waals surface area contributed by atoms with Crippen LogP contribution in [0.25, 0.3) is 22.5 Å². The van der Waals surface area contributed by atoms with E-state index in [1.807, 2.05) is 24.3 Å². The Balaban J connectivity index is 1.55. The Morgan fingerprint density at radius 2 is 2.07 bits per heavy atom.